The molecule has 0 aliphatic carbocycles. The third-order valence-electron chi connectivity index (χ3n) is 4.51. The smallest absolute Gasteiger partial charge is 0.404 e. The molecule has 0 aliphatic rings. The first kappa shape index (κ1) is 24.8. The van der Waals surface area contributed by atoms with Crippen LogP contribution in [0.2, 0.25) is 10.0 Å². The zero-order valence-corrected chi connectivity index (χ0v) is 20.2. The van der Waals surface area contributed by atoms with Gasteiger partial charge in [-0.3, -0.25) is 4.98 Å². The molecule has 0 saturated carbocycles. The molecule has 0 radical (unpaired) electrons. The summed E-state index contributed by atoms with van der Waals surface area (Å²) in [5, 5.41) is 0.345. The zero-order chi connectivity index (χ0) is 24.2. The lowest BCUT2D eigenvalue weighted by Crippen LogP contribution is -2.20. The fourth-order valence-electron chi connectivity index (χ4n) is 3.15. The number of rotatable bonds is 9. The molecular weight excluding hydrogens is 491 g/mol. The molecule has 0 bridgehead atoms. The average molecular weight is 513 g/mol. The minimum Gasteiger partial charge on any atom is -0.449 e. The van der Waals surface area contributed by atoms with Crippen LogP contribution in [0, 0.1) is 0 Å². The number of carbonyl (C=O) groups excluding carboxylic acids is 1. The topological polar surface area (TPSA) is 126 Å². The minimum atomic E-state index is -4.36. The van der Waals surface area contributed by atoms with Crippen LogP contribution < -0.4 is 9.92 Å². The van der Waals surface area contributed by atoms with Gasteiger partial charge in [0.2, 0.25) is 0 Å². The van der Waals surface area contributed by atoms with Crippen LogP contribution in [0.15, 0.2) is 47.8 Å². The monoisotopic (exact) mass is 512 g/mol. The molecule has 0 unspecified atom stereocenters. The summed E-state index contributed by atoms with van der Waals surface area (Å²) in [7, 11) is -4.36. The van der Waals surface area contributed by atoms with Crippen molar-refractivity contribution in [1.82, 2.24) is 14.5 Å². The van der Waals surface area contributed by atoms with Crippen LogP contribution in [-0.4, -0.2) is 35.7 Å². The molecule has 2 N–H and O–H groups in total. The number of imidazole rings is 1. The molecule has 0 saturated heterocycles. The van der Waals surface area contributed by atoms with E-state index in [9.17, 15) is 13.2 Å². The van der Waals surface area contributed by atoms with Crippen molar-refractivity contribution < 1.29 is 22.1 Å². The van der Waals surface area contributed by atoms with Crippen LogP contribution in [-0.2, 0) is 27.8 Å². The van der Waals surface area contributed by atoms with E-state index in [2.05, 4.69) is 9.97 Å². The molecule has 3 aromatic rings. The lowest BCUT2D eigenvalue weighted by atomic mass is 10.1. The number of benzene rings is 1. The molecule has 0 atom stereocenters. The SMILES string of the molecule is CC(C)c1nc(CCOC(N)=O)n(Cc2ccncc2)c1S(=O)(=O)Oc1cc(Cl)cc(Cl)c1. The van der Waals surface area contributed by atoms with Gasteiger partial charge in [0.25, 0.3) is 0 Å². The van der Waals surface area contributed by atoms with Crippen molar-refractivity contribution in [1.29, 1.82) is 0 Å². The fraction of sp³-hybridized carbons (Fsp3) is 0.286. The summed E-state index contributed by atoms with van der Waals surface area (Å²) in [6, 6.07) is 7.68. The van der Waals surface area contributed by atoms with Gasteiger partial charge in [-0.05, 0) is 29.7 Å². The molecule has 33 heavy (non-hydrogen) atoms. The molecule has 0 aliphatic heterocycles. The number of amides is 1. The first-order valence-electron chi connectivity index (χ1n) is 9.88. The maximum atomic E-state index is 13.5. The van der Waals surface area contributed by atoms with Gasteiger partial charge in [-0.1, -0.05) is 37.0 Å². The fourth-order valence-corrected chi connectivity index (χ4v) is 5.06. The molecule has 12 heteroatoms. The van der Waals surface area contributed by atoms with Gasteiger partial charge < -0.3 is 19.2 Å². The minimum absolute atomic E-state index is 0.0301. The second-order valence-corrected chi connectivity index (χ2v) is 9.71. The van der Waals surface area contributed by atoms with Crippen LogP contribution in [0.3, 0.4) is 0 Å². The number of pyridine rings is 1. The van der Waals surface area contributed by atoms with Gasteiger partial charge in [-0.25, -0.2) is 9.78 Å². The van der Waals surface area contributed by atoms with Crippen molar-refractivity contribution in [3.05, 3.63) is 69.9 Å². The largest absolute Gasteiger partial charge is 0.449 e. The van der Waals surface area contributed by atoms with Gasteiger partial charge in [0.1, 0.15) is 18.2 Å². The summed E-state index contributed by atoms with van der Waals surface area (Å²) in [4.78, 5) is 19.5. The molecule has 0 fully saturated rings. The third-order valence-corrected chi connectivity index (χ3v) is 6.26. The van der Waals surface area contributed by atoms with Gasteiger partial charge >= 0.3 is 16.2 Å². The molecule has 2 heterocycles. The van der Waals surface area contributed by atoms with E-state index in [-0.39, 0.29) is 46.3 Å². The normalized spacial score (nSPS) is 11.5. The number of carbonyl (C=O) groups is 1. The van der Waals surface area contributed by atoms with Crippen molar-refractivity contribution in [2.45, 2.75) is 37.8 Å². The molecule has 0 spiro atoms. The molecular formula is C21H22Cl2N4O5S. The number of halogens is 2. The second kappa shape index (κ2) is 10.4. The van der Waals surface area contributed by atoms with Crippen molar-refractivity contribution in [2.24, 2.45) is 5.73 Å². The summed E-state index contributed by atoms with van der Waals surface area (Å²) in [5.41, 5.74) is 6.15. The van der Waals surface area contributed by atoms with Crippen LogP contribution in [0.4, 0.5) is 4.79 Å². The van der Waals surface area contributed by atoms with Gasteiger partial charge in [0, 0.05) is 41.0 Å². The van der Waals surface area contributed by atoms with E-state index in [1.54, 1.807) is 24.5 Å². The highest BCUT2D eigenvalue weighted by Crippen LogP contribution is 2.31. The first-order valence-corrected chi connectivity index (χ1v) is 12.0. The van der Waals surface area contributed by atoms with Gasteiger partial charge in [-0.2, -0.15) is 8.42 Å². The van der Waals surface area contributed by atoms with Gasteiger partial charge in [0.15, 0.2) is 5.03 Å². The van der Waals surface area contributed by atoms with Crippen LogP contribution in [0.5, 0.6) is 5.75 Å². The van der Waals surface area contributed by atoms with E-state index in [1.165, 1.54) is 22.8 Å². The second-order valence-electron chi connectivity index (χ2n) is 7.37. The highest BCUT2D eigenvalue weighted by Gasteiger charge is 2.31. The van der Waals surface area contributed by atoms with Crippen LogP contribution >= 0.6 is 23.2 Å². The molecule has 9 nitrogen and oxygen atoms in total. The molecule has 3 rings (SSSR count). The van der Waals surface area contributed by atoms with Crippen molar-refractivity contribution in [3.8, 4) is 5.75 Å². The number of nitrogens with zero attached hydrogens (tertiary/aromatic N) is 3. The molecule has 176 valence electrons. The van der Waals surface area contributed by atoms with Crippen molar-refractivity contribution >= 4 is 39.4 Å². The van der Waals surface area contributed by atoms with E-state index >= 15 is 0 Å². The summed E-state index contributed by atoms with van der Waals surface area (Å²) >= 11 is 12.0. The van der Waals surface area contributed by atoms with Crippen LogP contribution in [0.25, 0.3) is 0 Å². The Bertz CT molecular complexity index is 1230. The Morgan fingerprint density at radius 3 is 2.36 bits per heavy atom. The zero-order valence-electron chi connectivity index (χ0n) is 17.9. The Balaban J connectivity index is 2.11. The molecule has 1 amide bonds. The van der Waals surface area contributed by atoms with Gasteiger partial charge in [-0.15, -0.1) is 0 Å². The Morgan fingerprint density at radius 2 is 1.79 bits per heavy atom. The van der Waals surface area contributed by atoms with Crippen LogP contribution in [0.1, 0.15) is 36.8 Å². The predicted molar refractivity (Wildman–Crippen MR) is 123 cm³/mol. The van der Waals surface area contributed by atoms with E-state index < -0.39 is 16.2 Å². The summed E-state index contributed by atoms with van der Waals surface area (Å²) in [5.74, 6) is 0.108. The first-order chi connectivity index (χ1) is 15.6. The number of aromatic nitrogens is 3. The standard InChI is InChI=1S/C21H22Cl2N4O5S/c1-13(2)19-20(33(29,30)32-17-10-15(22)9-16(23)11-17)27(12-14-3-6-25-7-4-14)18(26-19)5-8-31-21(24)28/h3-4,6-7,9-11,13H,5,8,12H2,1-2H3,(H2,24,28). The summed E-state index contributed by atoms with van der Waals surface area (Å²) < 4.78 is 38.7. The van der Waals surface area contributed by atoms with E-state index in [1.807, 2.05) is 13.8 Å². The van der Waals surface area contributed by atoms with E-state index in [0.29, 0.717) is 11.5 Å². The molecule has 1 aromatic carbocycles. The molecule has 2 aromatic heterocycles. The Morgan fingerprint density at radius 1 is 1.15 bits per heavy atom. The van der Waals surface area contributed by atoms with Crippen molar-refractivity contribution in [3.63, 3.8) is 0 Å². The average Bonchev–Trinajstić information content (AvgIpc) is 3.07. The number of primary amides is 1. The van der Waals surface area contributed by atoms with Crippen molar-refractivity contribution in [2.75, 3.05) is 6.61 Å². The predicted octanol–water partition coefficient (Wildman–Crippen LogP) is 4.16. The summed E-state index contributed by atoms with van der Waals surface area (Å²) in [6.45, 7) is 3.74. The highest BCUT2D eigenvalue weighted by atomic mass is 35.5. The number of hydrogen-bond donors (Lipinski definition) is 1. The van der Waals surface area contributed by atoms with E-state index in [0.717, 1.165) is 5.56 Å². The Hall–Kier alpha value is -2.82. The lowest BCUT2D eigenvalue weighted by molar-refractivity contribution is 0.157. The Kier molecular flexibility index (Phi) is 7.83. The number of nitrogens with two attached hydrogens (primary N) is 1. The number of hydrogen-bond acceptors (Lipinski definition) is 7. The van der Waals surface area contributed by atoms with Gasteiger partial charge in [0.05, 0.1) is 12.2 Å². The lowest BCUT2D eigenvalue weighted by Gasteiger charge is -2.15. The number of ether oxygens (including phenoxy) is 1. The third kappa shape index (κ3) is 6.37. The maximum absolute atomic E-state index is 13.5. The summed E-state index contributed by atoms with van der Waals surface area (Å²) in [6.07, 6.45) is 2.42. The maximum Gasteiger partial charge on any atom is 0.404 e. The Labute approximate surface area is 201 Å². The quantitative estimate of drug-likeness (QED) is 0.426. The highest BCUT2D eigenvalue weighted by molar-refractivity contribution is 7.87. The van der Waals surface area contributed by atoms with E-state index in [4.69, 9.17) is 37.9 Å².